The number of aryl methyl sites for hydroxylation is 1. The molecule has 0 aliphatic carbocycles. The number of benzene rings is 1. The summed E-state index contributed by atoms with van der Waals surface area (Å²) in [6.45, 7) is 2.90. The number of aromatic nitrogens is 1. The molecule has 0 bridgehead atoms. The standard InChI is InChI=1S/C17H20N2O2/c1-3-14-8-10-19(11-9-14)13-17(20)18-12-15-6-4-5-7-16(15)21-2/h4-11H,3,12-13H2,1-2H3/p+1. The van der Waals surface area contributed by atoms with E-state index >= 15 is 0 Å². The molecule has 0 saturated carbocycles. The molecule has 1 amide bonds. The Morgan fingerprint density at radius 1 is 1.19 bits per heavy atom. The molecule has 0 spiro atoms. The molecule has 1 heterocycles. The molecule has 0 unspecified atom stereocenters. The topological polar surface area (TPSA) is 42.2 Å². The van der Waals surface area contributed by atoms with E-state index in [4.69, 9.17) is 4.74 Å². The number of hydrogen-bond donors (Lipinski definition) is 1. The number of rotatable bonds is 6. The van der Waals surface area contributed by atoms with Gasteiger partial charge in [0, 0.05) is 24.2 Å². The monoisotopic (exact) mass is 285 g/mol. The van der Waals surface area contributed by atoms with Gasteiger partial charge < -0.3 is 10.1 Å². The highest BCUT2D eigenvalue weighted by Gasteiger charge is 2.10. The Labute approximate surface area is 125 Å². The number of carbonyl (C=O) groups excluding carboxylic acids is 1. The number of nitrogens with zero attached hydrogens (tertiary/aromatic N) is 1. The lowest BCUT2D eigenvalue weighted by Gasteiger charge is -2.08. The summed E-state index contributed by atoms with van der Waals surface area (Å²) < 4.78 is 7.14. The third kappa shape index (κ3) is 4.31. The molecule has 21 heavy (non-hydrogen) atoms. The Hall–Kier alpha value is -2.36. The number of pyridine rings is 1. The van der Waals surface area contributed by atoms with Gasteiger partial charge in [0.2, 0.25) is 6.54 Å². The minimum Gasteiger partial charge on any atom is -0.496 e. The first-order valence-corrected chi connectivity index (χ1v) is 7.09. The maximum atomic E-state index is 12.0. The maximum Gasteiger partial charge on any atom is 0.286 e. The van der Waals surface area contributed by atoms with Crippen LogP contribution in [0.5, 0.6) is 5.75 Å². The Balaban J connectivity index is 1.89. The lowest BCUT2D eigenvalue weighted by atomic mass is 10.2. The van der Waals surface area contributed by atoms with Crippen LogP contribution in [0, 0.1) is 0 Å². The van der Waals surface area contributed by atoms with Crippen LogP contribution in [-0.4, -0.2) is 13.0 Å². The highest BCUT2D eigenvalue weighted by Crippen LogP contribution is 2.16. The number of methoxy groups -OCH3 is 1. The summed E-state index contributed by atoms with van der Waals surface area (Å²) in [5, 5.41) is 2.91. The molecule has 0 atom stereocenters. The molecule has 4 nitrogen and oxygen atoms in total. The van der Waals surface area contributed by atoms with Crippen molar-refractivity contribution in [2.24, 2.45) is 0 Å². The van der Waals surface area contributed by atoms with Gasteiger partial charge in [0.1, 0.15) is 5.75 Å². The molecule has 0 saturated heterocycles. The van der Waals surface area contributed by atoms with Crippen molar-refractivity contribution in [2.75, 3.05) is 7.11 Å². The van der Waals surface area contributed by atoms with Crippen LogP contribution in [0.15, 0.2) is 48.8 Å². The summed E-state index contributed by atoms with van der Waals surface area (Å²) >= 11 is 0. The van der Waals surface area contributed by atoms with Crippen LogP contribution < -0.4 is 14.6 Å². The van der Waals surface area contributed by atoms with Crippen LogP contribution in [0.2, 0.25) is 0 Å². The van der Waals surface area contributed by atoms with Gasteiger partial charge in [-0.25, -0.2) is 0 Å². The Morgan fingerprint density at radius 3 is 2.57 bits per heavy atom. The molecule has 2 rings (SSSR count). The third-order valence-electron chi connectivity index (χ3n) is 3.36. The average molecular weight is 285 g/mol. The number of ether oxygens (including phenoxy) is 1. The van der Waals surface area contributed by atoms with Crippen LogP contribution in [0.3, 0.4) is 0 Å². The van der Waals surface area contributed by atoms with Gasteiger partial charge in [-0.3, -0.25) is 4.79 Å². The van der Waals surface area contributed by atoms with Gasteiger partial charge in [-0.15, -0.1) is 0 Å². The Kier molecular flexibility index (Phi) is 5.32. The van der Waals surface area contributed by atoms with Crippen LogP contribution in [0.25, 0.3) is 0 Å². The van der Waals surface area contributed by atoms with E-state index in [1.807, 2.05) is 53.4 Å². The second kappa shape index (κ2) is 7.43. The molecule has 110 valence electrons. The van der Waals surface area contributed by atoms with Gasteiger partial charge in [-0.2, -0.15) is 4.57 Å². The van der Waals surface area contributed by atoms with Crippen molar-refractivity contribution in [2.45, 2.75) is 26.4 Å². The number of amides is 1. The van der Waals surface area contributed by atoms with Crippen LogP contribution in [0.4, 0.5) is 0 Å². The first-order valence-electron chi connectivity index (χ1n) is 7.09. The zero-order chi connectivity index (χ0) is 15.1. The van der Waals surface area contributed by atoms with Gasteiger partial charge in [0.25, 0.3) is 5.91 Å². The minimum atomic E-state index is -0.0184. The second-order valence-corrected chi connectivity index (χ2v) is 4.82. The number of nitrogens with one attached hydrogen (secondary N) is 1. The van der Waals surface area contributed by atoms with Gasteiger partial charge in [0.05, 0.1) is 7.11 Å². The van der Waals surface area contributed by atoms with E-state index in [0.29, 0.717) is 13.1 Å². The minimum absolute atomic E-state index is 0.0184. The van der Waals surface area contributed by atoms with Crippen molar-refractivity contribution >= 4 is 5.91 Å². The normalized spacial score (nSPS) is 10.2. The van der Waals surface area contributed by atoms with Crippen molar-refractivity contribution in [3.05, 3.63) is 59.9 Å². The largest absolute Gasteiger partial charge is 0.496 e. The molecule has 2 aromatic rings. The van der Waals surface area contributed by atoms with Crippen molar-refractivity contribution in [1.82, 2.24) is 5.32 Å². The molecule has 0 aliphatic heterocycles. The highest BCUT2D eigenvalue weighted by molar-refractivity contribution is 5.74. The zero-order valence-corrected chi connectivity index (χ0v) is 12.5. The average Bonchev–Trinajstić information content (AvgIpc) is 2.54. The summed E-state index contributed by atoms with van der Waals surface area (Å²) in [4.78, 5) is 12.0. The molecular weight excluding hydrogens is 264 g/mol. The van der Waals surface area contributed by atoms with E-state index in [2.05, 4.69) is 12.2 Å². The number of carbonyl (C=O) groups is 1. The van der Waals surface area contributed by atoms with Gasteiger partial charge >= 0.3 is 0 Å². The smallest absolute Gasteiger partial charge is 0.286 e. The van der Waals surface area contributed by atoms with E-state index < -0.39 is 0 Å². The third-order valence-corrected chi connectivity index (χ3v) is 3.36. The Bertz CT molecular complexity index is 594. The molecular formula is C17H21N2O2+. The fourth-order valence-electron chi connectivity index (χ4n) is 2.09. The SMILES string of the molecule is CCc1cc[n+](CC(=O)NCc2ccccc2OC)cc1. The predicted octanol–water partition coefficient (Wildman–Crippen LogP) is 1.86. The van der Waals surface area contributed by atoms with Crippen LogP contribution in [-0.2, 0) is 24.3 Å². The fraction of sp³-hybridized carbons (Fsp3) is 0.294. The van der Waals surface area contributed by atoms with E-state index in [1.165, 1.54) is 5.56 Å². The van der Waals surface area contributed by atoms with Crippen molar-refractivity contribution in [3.63, 3.8) is 0 Å². The first kappa shape index (κ1) is 15.0. The molecule has 0 radical (unpaired) electrons. The molecule has 1 N–H and O–H groups in total. The van der Waals surface area contributed by atoms with Crippen molar-refractivity contribution in [3.8, 4) is 5.75 Å². The lowest BCUT2D eigenvalue weighted by molar-refractivity contribution is -0.684. The van der Waals surface area contributed by atoms with E-state index in [0.717, 1.165) is 17.7 Å². The zero-order valence-electron chi connectivity index (χ0n) is 12.5. The predicted molar refractivity (Wildman–Crippen MR) is 80.9 cm³/mol. The summed E-state index contributed by atoms with van der Waals surface area (Å²) in [7, 11) is 1.63. The van der Waals surface area contributed by atoms with E-state index in [1.54, 1.807) is 7.11 Å². The maximum absolute atomic E-state index is 12.0. The molecule has 1 aromatic carbocycles. The molecule has 4 heteroatoms. The summed E-state index contributed by atoms with van der Waals surface area (Å²) in [5.41, 5.74) is 2.24. The van der Waals surface area contributed by atoms with Crippen molar-refractivity contribution in [1.29, 1.82) is 0 Å². The molecule has 1 aromatic heterocycles. The van der Waals surface area contributed by atoms with Gasteiger partial charge in [0.15, 0.2) is 12.4 Å². The quantitative estimate of drug-likeness (QED) is 0.823. The van der Waals surface area contributed by atoms with E-state index in [-0.39, 0.29) is 5.91 Å². The molecule has 0 fully saturated rings. The molecule has 0 aliphatic rings. The summed E-state index contributed by atoms with van der Waals surface area (Å²) in [6, 6.07) is 11.8. The summed E-state index contributed by atoms with van der Waals surface area (Å²) in [6.07, 6.45) is 4.86. The van der Waals surface area contributed by atoms with Crippen molar-refractivity contribution < 1.29 is 14.1 Å². The van der Waals surface area contributed by atoms with Crippen LogP contribution in [0.1, 0.15) is 18.1 Å². The fourth-order valence-corrected chi connectivity index (χ4v) is 2.09. The summed E-state index contributed by atoms with van der Waals surface area (Å²) in [5.74, 6) is 0.771. The van der Waals surface area contributed by atoms with Crippen LogP contribution >= 0.6 is 0 Å². The highest BCUT2D eigenvalue weighted by atomic mass is 16.5. The number of hydrogen-bond acceptors (Lipinski definition) is 2. The second-order valence-electron chi connectivity index (χ2n) is 4.82. The lowest BCUT2D eigenvalue weighted by Crippen LogP contribution is -2.42. The Morgan fingerprint density at radius 2 is 1.90 bits per heavy atom. The van der Waals surface area contributed by atoms with Gasteiger partial charge in [-0.1, -0.05) is 25.1 Å². The van der Waals surface area contributed by atoms with E-state index in [9.17, 15) is 4.79 Å². The number of para-hydroxylation sites is 1. The first-order chi connectivity index (χ1) is 10.2. The van der Waals surface area contributed by atoms with Gasteiger partial charge in [-0.05, 0) is 18.1 Å².